The minimum atomic E-state index is -0.109. The van der Waals surface area contributed by atoms with Crippen LogP contribution in [0.5, 0.6) is 5.75 Å². The van der Waals surface area contributed by atoms with Crippen LogP contribution in [0.1, 0.15) is 27.8 Å². The van der Waals surface area contributed by atoms with Gasteiger partial charge in [0, 0.05) is 26.2 Å². The fourth-order valence-corrected chi connectivity index (χ4v) is 3.22. The smallest absolute Gasteiger partial charge is 0.276 e. The molecule has 1 atom stereocenters. The van der Waals surface area contributed by atoms with Crippen LogP contribution in [-0.4, -0.2) is 59.1 Å². The quantitative estimate of drug-likeness (QED) is 0.879. The first-order chi connectivity index (χ1) is 12.3. The molecule has 1 aromatic heterocycles. The molecule has 0 saturated carbocycles. The highest BCUT2D eigenvalue weighted by Gasteiger charge is 2.30. The van der Waals surface area contributed by atoms with Crippen LogP contribution in [0.4, 0.5) is 0 Å². The van der Waals surface area contributed by atoms with Gasteiger partial charge in [0.1, 0.15) is 11.9 Å². The number of amides is 1. The van der Waals surface area contributed by atoms with Crippen molar-refractivity contribution in [2.24, 2.45) is 0 Å². The molecule has 0 unspecified atom stereocenters. The van der Waals surface area contributed by atoms with Crippen molar-refractivity contribution in [1.82, 2.24) is 25.2 Å². The first kappa shape index (κ1) is 16.0. The average molecular weight is 343 g/mol. The van der Waals surface area contributed by atoms with Gasteiger partial charge in [-0.2, -0.15) is 0 Å². The summed E-state index contributed by atoms with van der Waals surface area (Å²) in [4.78, 5) is 14.5. The van der Waals surface area contributed by atoms with Gasteiger partial charge in [-0.3, -0.25) is 4.79 Å². The molecule has 4 rings (SSSR count). The zero-order chi connectivity index (χ0) is 17.2. The zero-order valence-electron chi connectivity index (χ0n) is 14.1. The number of carbonyl (C=O) groups is 1. The number of carbonyl (C=O) groups excluding carboxylic acids is 1. The number of piperazine rings is 1. The second-order valence-electron chi connectivity index (χ2n) is 6.18. The third kappa shape index (κ3) is 3.10. The molecule has 2 aliphatic rings. The van der Waals surface area contributed by atoms with Crippen molar-refractivity contribution in [3.63, 3.8) is 0 Å². The maximum atomic E-state index is 12.7. The van der Waals surface area contributed by atoms with Crippen LogP contribution in [0, 0.1) is 0 Å². The summed E-state index contributed by atoms with van der Waals surface area (Å²) in [5, 5.41) is 11.6. The van der Waals surface area contributed by atoms with Crippen LogP contribution in [-0.2, 0) is 17.9 Å². The molecule has 0 bridgehead atoms. The Kier molecular flexibility index (Phi) is 4.37. The number of nitrogens with one attached hydrogen (secondary N) is 1. The van der Waals surface area contributed by atoms with Crippen molar-refractivity contribution in [3.8, 4) is 5.75 Å². The van der Waals surface area contributed by atoms with Crippen molar-refractivity contribution in [2.75, 3.05) is 33.3 Å². The lowest BCUT2D eigenvalue weighted by molar-refractivity contribution is -0.00199. The molecule has 1 fully saturated rings. The lowest BCUT2D eigenvalue weighted by Gasteiger charge is -2.28. The molecule has 1 amide bonds. The van der Waals surface area contributed by atoms with Crippen molar-refractivity contribution in [1.29, 1.82) is 0 Å². The van der Waals surface area contributed by atoms with Gasteiger partial charge in [-0.1, -0.05) is 17.3 Å². The number of fused-ring (bicyclic) bond motifs is 1. The van der Waals surface area contributed by atoms with Gasteiger partial charge in [0.15, 0.2) is 5.69 Å². The predicted octanol–water partition coefficient (Wildman–Crippen LogP) is 0.604. The van der Waals surface area contributed by atoms with Crippen LogP contribution in [0.15, 0.2) is 24.3 Å². The van der Waals surface area contributed by atoms with E-state index in [4.69, 9.17) is 9.47 Å². The first-order valence-corrected chi connectivity index (χ1v) is 8.44. The third-order valence-electron chi connectivity index (χ3n) is 4.69. The molecule has 132 valence electrons. The molecule has 0 radical (unpaired) electrons. The summed E-state index contributed by atoms with van der Waals surface area (Å²) in [5.74, 6) is 0.749. The summed E-state index contributed by atoms with van der Waals surface area (Å²) < 4.78 is 12.9. The number of methoxy groups -OCH3 is 1. The Balaban J connectivity index is 1.50. The SMILES string of the molecule is COc1ccc([C@H]2Cn3nnc(C(=O)N4CCNCC4)c3CO2)cc1. The molecule has 2 aliphatic heterocycles. The first-order valence-electron chi connectivity index (χ1n) is 8.44. The Labute approximate surface area is 145 Å². The highest BCUT2D eigenvalue weighted by molar-refractivity contribution is 5.93. The summed E-state index contributed by atoms with van der Waals surface area (Å²) in [7, 11) is 1.64. The van der Waals surface area contributed by atoms with Gasteiger partial charge in [-0.05, 0) is 17.7 Å². The van der Waals surface area contributed by atoms with Crippen LogP contribution < -0.4 is 10.1 Å². The second kappa shape index (κ2) is 6.81. The molecular weight excluding hydrogens is 322 g/mol. The lowest BCUT2D eigenvalue weighted by Crippen LogP contribution is -2.46. The van der Waals surface area contributed by atoms with E-state index >= 15 is 0 Å². The highest BCUT2D eigenvalue weighted by atomic mass is 16.5. The average Bonchev–Trinajstić information content (AvgIpc) is 3.11. The molecule has 3 heterocycles. The molecule has 1 saturated heterocycles. The number of ether oxygens (including phenoxy) is 2. The molecule has 0 spiro atoms. The van der Waals surface area contributed by atoms with E-state index in [1.165, 1.54) is 0 Å². The molecule has 1 N–H and O–H groups in total. The maximum absolute atomic E-state index is 12.7. The van der Waals surface area contributed by atoms with Gasteiger partial charge in [0.2, 0.25) is 0 Å². The van der Waals surface area contributed by atoms with Gasteiger partial charge >= 0.3 is 0 Å². The summed E-state index contributed by atoms with van der Waals surface area (Å²) in [6.45, 7) is 3.89. The van der Waals surface area contributed by atoms with Crippen molar-refractivity contribution < 1.29 is 14.3 Å². The van der Waals surface area contributed by atoms with E-state index in [1.54, 1.807) is 11.8 Å². The predicted molar refractivity (Wildman–Crippen MR) is 89.3 cm³/mol. The molecule has 25 heavy (non-hydrogen) atoms. The summed E-state index contributed by atoms with van der Waals surface area (Å²) in [6, 6.07) is 7.79. The van der Waals surface area contributed by atoms with Gasteiger partial charge in [0.25, 0.3) is 5.91 Å². The van der Waals surface area contributed by atoms with Crippen molar-refractivity contribution >= 4 is 5.91 Å². The van der Waals surface area contributed by atoms with Crippen molar-refractivity contribution in [2.45, 2.75) is 19.3 Å². The summed E-state index contributed by atoms with van der Waals surface area (Å²) in [6.07, 6.45) is -0.109. The van der Waals surface area contributed by atoms with E-state index < -0.39 is 0 Å². The van der Waals surface area contributed by atoms with Gasteiger partial charge < -0.3 is 19.7 Å². The van der Waals surface area contributed by atoms with E-state index in [2.05, 4.69) is 15.6 Å². The fourth-order valence-electron chi connectivity index (χ4n) is 3.22. The lowest BCUT2D eigenvalue weighted by atomic mass is 10.1. The molecular formula is C17H21N5O3. The number of nitrogens with zero attached hydrogens (tertiary/aromatic N) is 4. The number of hydrogen-bond donors (Lipinski definition) is 1. The van der Waals surface area contributed by atoms with Gasteiger partial charge in [0.05, 0.1) is 26.0 Å². The summed E-state index contributed by atoms with van der Waals surface area (Å²) in [5.41, 5.74) is 2.22. The fraction of sp³-hybridized carbons (Fsp3) is 0.471. The summed E-state index contributed by atoms with van der Waals surface area (Å²) >= 11 is 0. The van der Waals surface area contributed by atoms with E-state index in [0.29, 0.717) is 31.9 Å². The molecule has 8 heteroatoms. The van der Waals surface area contributed by atoms with Crippen LogP contribution in [0.2, 0.25) is 0 Å². The monoisotopic (exact) mass is 343 g/mol. The third-order valence-corrected chi connectivity index (χ3v) is 4.69. The zero-order valence-corrected chi connectivity index (χ0v) is 14.1. The molecule has 8 nitrogen and oxygen atoms in total. The van der Waals surface area contributed by atoms with E-state index in [9.17, 15) is 4.79 Å². The van der Waals surface area contributed by atoms with Crippen LogP contribution in [0.3, 0.4) is 0 Å². The Hall–Kier alpha value is -2.45. The Morgan fingerprint density at radius 3 is 2.76 bits per heavy atom. The number of aromatic nitrogens is 3. The number of benzene rings is 1. The normalized spacial score (nSPS) is 20.2. The molecule has 2 aromatic rings. The molecule has 0 aliphatic carbocycles. The Morgan fingerprint density at radius 1 is 1.28 bits per heavy atom. The van der Waals surface area contributed by atoms with E-state index in [1.807, 2.05) is 29.2 Å². The van der Waals surface area contributed by atoms with Gasteiger partial charge in [-0.15, -0.1) is 5.10 Å². The maximum Gasteiger partial charge on any atom is 0.276 e. The van der Waals surface area contributed by atoms with E-state index in [-0.39, 0.29) is 12.0 Å². The van der Waals surface area contributed by atoms with E-state index in [0.717, 1.165) is 30.1 Å². The minimum Gasteiger partial charge on any atom is -0.497 e. The largest absolute Gasteiger partial charge is 0.497 e. The topological polar surface area (TPSA) is 81.5 Å². The standard InChI is InChI=1S/C17H21N5O3/c1-24-13-4-2-12(3-5-13)15-10-22-14(11-25-15)16(19-20-22)17(23)21-8-6-18-7-9-21/h2-5,15,18H,6-11H2,1H3/t15-/m1/s1. The Bertz CT molecular complexity index is 752. The molecule has 1 aromatic carbocycles. The second-order valence-corrected chi connectivity index (χ2v) is 6.18. The van der Waals surface area contributed by atoms with Crippen molar-refractivity contribution in [3.05, 3.63) is 41.2 Å². The Morgan fingerprint density at radius 2 is 2.04 bits per heavy atom. The van der Waals surface area contributed by atoms with Crippen LogP contribution >= 0.6 is 0 Å². The highest BCUT2D eigenvalue weighted by Crippen LogP contribution is 2.28. The van der Waals surface area contributed by atoms with Gasteiger partial charge in [-0.25, -0.2) is 4.68 Å². The number of hydrogen-bond acceptors (Lipinski definition) is 6. The van der Waals surface area contributed by atoms with Crippen LogP contribution in [0.25, 0.3) is 0 Å². The minimum absolute atomic E-state index is 0.0609. The number of rotatable bonds is 3.